The van der Waals surface area contributed by atoms with Gasteiger partial charge in [0.1, 0.15) is 0 Å². The quantitative estimate of drug-likeness (QED) is 0.857. The minimum absolute atomic E-state index is 0.130. The molecule has 0 saturated heterocycles. The average molecular weight is 275 g/mol. The van der Waals surface area contributed by atoms with Crippen molar-refractivity contribution >= 4 is 0 Å². The Balaban J connectivity index is 2.01. The summed E-state index contributed by atoms with van der Waals surface area (Å²) >= 11 is 0. The lowest BCUT2D eigenvalue weighted by atomic mass is 9.86. The summed E-state index contributed by atoms with van der Waals surface area (Å²) in [6, 6.07) is 4.73. The van der Waals surface area contributed by atoms with Crippen LogP contribution in [-0.2, 0) is 0 Å². The summed E-state index contributed by atoms with van der Waals surface area (Å²) < 4.78 is 19.6. The van der Waals surface area contributed by atoms with Gasteiger partial charge in [-0.3, -0.25) is 0 Å². The highest BCUT2D eigenvalue weighted by Gasteiger charge is 2.22. The first kappa shape index (κ1) is 14.9. The Kier molecular flexibility index (Phi) is 5.43. The molecule has 0 aliphatic heterocycles. The van der Waals surface area contributed by atoms with E-state index < -0.39 is 0 Å². The van der Waals surface area contributed by atoms with E-state index in [2.05, 4.69) is 18.8 Å². The smallest absolute Gasteiger partial charge is 0.165 e. The number of hydrogen-bond acceptors (Lipinski definition) is 2. The molecule has 20 heavy (non-hydrogen) atoms. The van der Waals surface area contributed by atoms with Crippen LogP contribution in [0.25, 0.3) is 0 Å². The van der Waals surface area contributed by atoms with E-state index in [9.17, 15) is 4.39 Å². The SMILES string of the molecule is CCC1CCC(Oc2cc(C#CCN)ccc2F)CC1. The molecule has 2 N–H and O–H groups in total. The van der Waals surface area contributed by atoms with Gasteiger partial charge in [0.25, 0.3) is 0 Å². The number of benzene rings is 1. The zero-order valence-corrected chi connectivity index (χ0v) is 12.0. The number of halogens is 1. The predicted molar refractivity (Wildman–Crippen MR) is 79.0 cm³/mol. The Hall–Kier alpha value is -1.53. The minimum atomic E-state index is -0.319. The Labute approximate surface area is 120 Å². The molecule has 0 spiro atoms. The summed E-state index contributed by atoms with van der Waals surface area (Å²) in [6.07, 6.45) is 5.73. The molecule has 0 atom stereocenters. The molecule has 0 radical (unpaired) electrons. The maximum absolute atomic E-state index is 13.8. The van der Waals surface area contributed by atoms with Gasteiger partial charge in [-0.05, 0) is 49.8 Å². The van der Waals surface area contributed by atoms with E-state index in [-0.39, 0.29) is 11.9 Å². The fourth-order valence-electron chi connectivity index (χ4n) is 2.66. The summed E-state index contributed by atoms with van der Waals surface area (Å²) in [6.45, 7) is 2.53. The van der Waals surface area contributed by atoms with Gasteiger partial charge in [-0.1, -0.05) is 25.2 Å². The zero-order valence-electron chi connectivity index (χ0n) is 12.0. The van der Waals surface area contributed by atoms with Crippen LogP contribution < -0.4 is 10.5 Å². The van der Waals surface area contributed by atoms with Crippen molar-refractivity contribution < 1.29 is 9.13 Å². The van der Waals surface area contributed by atoms with Crippen molar-refractivity contribution in [3.05, 3.63) is 29.6 Å². The normalized spacial score (nSPS) is 21.9. The second-order valence-electron chi connectivity index (χ2n) is 5.32. The zero-order chi connectivity index (χ0) is 14.4. The third-order valence-corrected chi connectivity index (χ3v) is 3.93. The second kappa shape index (κ2) is 7.31. The Morgan fingerprint density at radius 1 is 1.30 bits per heavy atom. The molecular weight excluding hydrogens is 253 g/mol. The van der Waals surface area contributed by atoms with Crippen LogP contribution in [0.5, 0.6) is 5.75 Å². The highest BCUT2D eigenvalue weighted by atomic mass is 19.1. The van der Waals surface area contributed by atoms with Gasteiger partial charge in [0.15, 0.2) is 11.6 Å². The van der Waals surface area contributed by atoms with E-state index in [4.69, 9.17) is 10.5 Å². The lowest BCUT2D eigenvalue weighted by Gasteiger charge is -2.28. The lowest BCUT2D eigenvalue weighted by Crippen LogP contribution is -2.24. The molecular formula is C17H22FNO. The van der Waals surface area contributed by atoms with Gasteiger partial charge in [-0.25, -0.2) is 4.39 Å². The summed E-state index contributed by atoms with van der Waals surface area (Å²) in [5, 5.41) is 0. The Morgan fingerprint density at radius 2 is 2.05 bits per heavy atom. The van der Waals surface area contributed by atoms with Crippen LogP contribution in [0.2, 0.25) is 0 Å². The van der Waals surface area contributed by atoms with Crippen molar-refractivity contribution in [3.63, 3.8) is 0 Å². The number of ether oxygens (including phenoxy) is 1. The van der Waals surface area contributed by atoms with Crippen LogP contribution in [0.1, 0.15) is 44.6 Å². The highest BCUT2D eigenvalue weighted by Crippen LogP contribution is 2.30. The summed E-state index contributed by atoms with van der Waals surface area (Å²) in [5.41, 5.74) is 6.09. The lowest BCUT2D eigenvalue weighted by molar-refractivity contribution is 0.125. The largest absolute Gasteiger partial charge is 0.487 e. The van der Waals surface area contributed by atoms with Gasteiger partial charge in [0.2, 0.25) is 0 Å². The monoisotopic (exact) mass is 275 g/mol. The third-order valence-electron chi connectivity index (χ3n) is 3.93. The summed E-state index contributed by atoms with van der Waals surface area (Å²) in [5.74, 6) is 6.47. The molecule has 1 fully saturated rings. The van der Waals surface area contributed by atoms with Crippen molar-refractivity contribution in [2.24, 2.45) is 11.7 Å². The highest BCUT2D eigenvalue weighted by molar-refractivity contribution is 5.40. The van der Waals surface area contributed by atoms with Gasteiger partial charge in [-0.15, -0.1) is 0 Å². The molecule has 0 unspecified atom stereocenters. The van der Waals surface area contributed by atoms with E-state index in [0.29, 0.717) is 12.3 Å². The molecule has 108 valence electrons. The topological polar surface area (TPSA) is 35.2 Å². The molecule has 0 amide bonds. The molecule has 0 bridgehead atoms. The van der Waals surface area contributed by atoms with E-state index in [1.807, 2.05) is 0 Å². The van der Waals surface area contributed by atoms with Crippen molar-refractivity contribution in [2.45, 2.75) is 45.1 Å². The fourth-order valence-corrected chi connectivity index (χ4v) is 2.66. The van der Waals surface area contributed by atoms with Crippen molar-refractivity contribution in [1.82, 2.24) is 0 Å². The molecule has 2 rings (SSSR count). The van der Waals surface area contributed by atoms with Crippen molar-refractivity contribution in [2.75, 3.05) is 6.54 Å². The van der Waals surface area contributed by atoms with Crippen molar-refractivity contribution in [3.8, 4) is 17.6 Å². The molecule has 2 nitrogen and oxygen atoms in total. The molecule has 0 heterocycles. The van der Waals surface area contributed by atoms with Crippen LogP contribution in [0, 0.1) is 23.6 Å². The van der Waals surface area contributed by atoms with Crippen LogP contribution in [0.15, 0.2) is 18.2 Å². The van der Waals surface area contributed by atoms with E-state index in [1.165, 1.54) is 25.3 Å². The van der Waals surface area contributed by atoms with Gasteiger partial charge in [0, 0.05) is 5.56 Å². The standard InChI is InChI=1S/C17H22FNO/c1-2-13-5-8-15(9-6-13)20-17-12-14(4-3-11-19)7-10-16(17)18/h7,10,12-13,15H,2,5-6,8-9,11,19H2,1H3. The van der Waals surface area contributed by atoms with Gasteiger partial charge >= 0.3 is 0 Å². The van der Waals surface area contributed by atoms with Crippen molar-refractivity contribution in [1.29, 1.82) is 0 Å². The van der Waals surface area contributed by atoms with Crippen LogP contribution in [0.3, 0.4) is 0 Å². The molecule has 1 aliphatic rings. The maximum Gasteiger partial charge on any atom is 0.165 e. The first-order chi connectivity index (χ1) is 9.72. The van der Waals surface area contributed by atoms with Crippen LogP contribution >= 0.6 is 0 Å². The Bertz CT molecular complexity index is 495. The molecule has 1 aliphatic carbocycles. The number of hydrogen-bond donors (Lipinski definition) is 1. The summed E-state index contributed by atoms with van der Waals surface area (Å²) in [7, 11) is 0. The first-order valence-electron chi connectivity index (χ1n) is 7.38. The number of nitrogens with two attached hydrogens (primary N) is 1. The van der Waals surface area contributed by atoms with Crippen LogP contribution in [0.4, 0.5) is 4.39 Å². The molecule has 0 aromatic heterocycles. The number of rotatable bonds is 3. The average Bonchev–Trinajstić information content (AvgIpc) is 2.49. The van der Waals surface area contributed by atoms with E-state index in [0.717, 1.165) is 24.3 Å². The fraction of sp³-hybridized carbons (Fsp3) is 0.529. The van der Waals surface area contributed by atoms with E-state index in [1.54, 1.807) is 12.1 Å². The molecule has 1 saturated carbocycles. The Morgan fingerprint density at radius 3 is 2.70 bits per heavy atom. The third kappa shape index (κ3) is 3.98. The molecule has 1 aromatic rings. The molecule has 1 aromatic carbocycles. The predicted octanol–water partition coefficient (Wildman–Crippen LogP) is 3.48. The first-order valence-corrected chi connectivity index (χ1v) is 7.38. The van der Waals surface area contributed by atoms with Crippen LogP contribution in [-0.4, -0.2) is 12.6 Å². The molecule has 3 heteroatoms. The van der Waals surface area contributed by atoms with Gasteiger partial charge < -0.3 is 10.5 Å². The second-order valence-corrected chi connectivity index (χ2v) is 5.32. The van der Waals surface area contributed by atoms with Gasteiger partial charge in [-0.2, -0.15) is 0 Å². The minimum Gasteiger partial charge on any atom is -0.487 e. The van der Waals surface area contributed by atoms with Gasteiger partial charge in [0.05, 0.1) is 12.6 Å². The summed E-state index contributed by atoms with van der Waals surface area (Å²) in [4.78, 5) is 0. The maximum atomic E-state index is 13.8. The van der Waals surface area contributed by atoms with E-state index >= 15 is 0 Å².